The molecule has 3 rings (SSSR count). The molecule has 7 nitrogen and oxygen atoms in total. The Morgan fingerprint density at radius 1 is 1.07 bits per heavy atom. The van der Waals surface area contributed by atoms with Gasteiger partial charge >= 0.3 is 0 Å². The highest BCUT2D eigenvalue weighted by atomic mass is 32.2. The predicted molar refractivity (Wildman–Crippen MR) is 111 cm³/mol. The summed E-state index contributed by atoms with van der Waals surface area (Å²) in [6.07, 6.45) is 0.837. The lowest BCUT2D eigenvalue weighted by Gasteiger charge is -2.26. The fourth-order valence-corrected chi connectivity index (χ4v) is 4.45. The molecule has 0 bridgehead atoms. The van der Waals surface area contributed by atoms with Crippen molar-refractivity contribution in [2.45, 2.75) is 24.7 Å². The molecule has 156 valence electrons. The van der Waals surface area contributed by atoms with Gasteiger partial charge in [0, 0.05) is 25.2 Å². The number of carbonyl (C=O) groups is 1. The number of carbonyl (C=O) groups excluding carboxylic acids is 1. The summed E-state index contributed by atoms with van der Waals surface area (Å²) in [4.78, 5) is 12.4. The van der Waals surface area contributed by atoms with Crippen LogP contribution in [-0.4, -0.2) is 51.5 Å². The number of amides is 1. The maximum Gasteiger partial charge on any atom is 0.243 e. The summed E-state index contributed by atoms with van der Waals surface area (Å²) in [7, 11) is -3.49. The molecule has 29 heavy (non-hydrogen) atoms. The van der Waals surface area contributed by atoms with Gasteiger partial charge in [-0.2, -0.15) is 4.31 Å². The van der Waals surface area contributed by atoms with Crippen molar-refractivity contribution in [3.8, 4) is 5.75 Å². The molecular weight excluding hydrogens is 392 g/mol. The monoisotopic (exact) mass is 418 g/mol. The van der Waals surface area contributed by atoms with Crippen LogP contribution in [-0.2, 0) is 26.0 Å². The second-order valence-electron chi connectivity index (χ2n) is 6.67. The summed E-state index contributed by atoms with van der Waals surface area (Å²) in [6, 6.07) is 14.0. The molecule has 8 heteroatoms. The Labute approximate surface area is 171 Å². The van der Waals surface area contributed by atoms with Gasteiger partial charge in [-0.3, -0.25) is 4.79 Å². The zero-order valence-corrected chi connectivity index (χ0v) is 17.3. The van der Waals surface area contributed by atoms with Crippen LogP contribution in [0.25, 0.3) is 0 Å². The second-order valence-corrected chi connectivity index (χ2v) is 8.60. The minimum atomic E-state index is -3.49. The Morgan fingerprint density at radius 3 is 2.34 bits per heavy atom. The first-order valence-electron chi connectivity index (χ1n) is 9.68. The highest BCUT2D eigenvalue weighted by molar-refractivity contribution is 7.89. The van der Waals surface area contributed by atoms with Crippen LogP contribution in [0.1, 0.15) is 18.9 Å². The molecule has 1 aliphatic heterocycles. The Bertz CT molecular complexity index is 905. The van der Waals surface area contributed by atoms with Crippen LogP contribution in [0.15, 0.2) is 53.4 Å². The molecule has 0 saturated carbocycles. The van der Waals surface area contributed by atoms with Crippen LogP contribution in [0.4, 0.5) is 5.69 Å². The minimum Gasteiger partial charge on any atom is -0.494 e. The Hall–Kier alpha value is -2.42. The molecule has 1 aliphatic rings. The molecule has 1 saturated heterocycles. The number of rotatable bonds is 8. The fraction of sp³-hybridized carbons (Fsp3) is 0.381. The molecule has 0 radical (unpaired) electrons. The smallest absolute Gasteiger partial charge is 0.243 e. The third kappa shape index (κ3) is 5.79. The summed E-state index contributed by atoms with van der Waals surface area (Å²) < 4.78 is 37.3. The number of sulfonamides is 1. The van der Waals surface area contributed by atoms with E-state index in [1.165, 1.54) is 4.31 Å². The van der Waals surface area contributed by atoms with E-state index in [1.54, 1.807) is 36.4 Å². The maximum atomic E-state index is 12.6. The molecule has 2 aromatic rings. The average molecular weight is 419 g/mol. The molecule has 1 fully saturated rings. The lowest BCUT2D eigenvalue weighted by molar-refractivity contribution is -0.116. The van der Waals surface area contributed by atoms with Crippen molar-refractivity contribution >= 4 is 21.6 Å². The van der Waals surface area contributed by atoms with E-state index in [1.807, 2.05) is 19.1 Å². The molecule has 0 aromatic heterocycles. The van der Waals surface area contributed by atoms with E-state index < -0.39 is 10.0 Å². The Balaban J connectivity index is 1.52. The Kier molecular flexibility index (Phi) is 7.24. The van der Waals surface area contributed by atoms with E-state index >= 15 is 0 Å². The van der Waals surface area contributed by atoms with Crippen molar-refractivity contribution in [2.24, 2.45) is 0 Å². The third-order valence-electron chi connectivity index (χ3n) is 4.62. The van der Waals surface area contributed by atoms with Crippen LogP contribution in [0.2, 0.25) is 0 Å². The molecular formula is C21H26N2O5S. The number of benzene rings is 2. The van der Waals surface area contributed by atoms with Crippen molar-refractivity contribution in [1.82, 2.24) is 4.31 Å². The van der Waals surface area contributed by atoms with Gasteiger partial charge < -0.3 is 14.8 Å². The summed E-state index contributed by atoms with van der Waals surface area (Å²) in [5.41, 5.74) is 1.62. The first-order valence-corrected chi connectivity index (χ1v) is 11.1. The normalized spacial score (nSPS) is 15.1. The number of nitrogens with one attached hydrogen (secondary N) is 1. The number of nitrogens with zero attached hydrogens (tertiary/aromatic N) is 1. The lowest BCUT2D eigenvalue weighted by atomic mass is 10.1. The van der Waals surface area contributed by atoms with Crippen LogP contribution in [0.5, 0.6) is 5.75 Å². The molecule has 1 heterocycles. The second kappa shape index (κ2) is 9.87. The number of aryl methyl sites for hydroxylation is 1. The standard InChI is InChI=1S/C21H26N2O5S/c1-2-28-19-8-6-18(7-9-19)22-21(24)12-5-17-3-10-20(11-4-17)29(25,26)23-13-15-27-16-14-23/h3-4,6-11H,2,5,12-16H2,1H3,(H,22,24). The van der Waals surface area contributed by atoms with E-state index in [9.17, 15) is 13.2 Å². The predicted octanol–water partition coefficient (Wildman–Crippen LogP) is 2.68. The highest BCUT2D eigenvalue weighted by Crippen LogP contribution is 2.19. The van der Waals surface area contributed by atoms with Crippen LogP contribution < -0.4 is 10.1 Å². The summed E-state index contributed by atoms with van der Waals surface area (Å²) in [5.74, 6) is 0.664. The molecule has 1 amide bonds. The zero-order valence-electron chi connectivity index (χ0n) is 16.5. The molecule has 0 atom stereocenters. The quantitative estimate of drug-likeness (QED) is 0.712. The van der Waals surface area contributed by atoms with E-state index in [-0.39, 0.29) is 10.8 Å². The van der Waals surface area contributed by atoms with E-state index in [0.29, 0.717) is 51.4 Å². The first-order chi connectivity index (χ1) is 14.0. The van der Waals surface area contributed by atoms with Gasteiger partial charge in [-0.05, 0) is 55.3 Å². The van der Waals surface area contributed by atoms with Crippen molar-refractivity contribution in [1.29, 1.82) is 0 Å². The van der Waals surface area contributed by atoms with Crippen LogP contribution in [0.3, 0.4) is 0 Å². The maximum absolute atomic E-state index is 12.6. The SMILES string of the molecule is CCOc1ccc(NC(=O)CCc2ccc(S(=O)(=O)N3CCOCC3)cc2)cc1. The molecule has 0 aliphatic carbocycles. The summed E-state index contributed by atoms with van der Waals surface area (Å²) in [5, 5.41) is 2.85. The summed E-state index contributed by atoms with van der Waals surface area (Å²) in [6.45, 7) is 4.09. The van der Waals surface area contributed by atoms with E-state index in [2.05, 4.69) is 5.32 Å². The van der Waals surface area contributed by atoms with Crippen LogP contribution >= 0.6 is 0 Å². The number of hydrogen-bond donors (Lipinski definition) is 1. The van der Waals surface area contributed by atoms with Crippen molar-refractivity contribution < 1.29 is 22.7 Å². The van der Waals surface area contributed by atoms with Gasteiger partial charge in [-0.1, -0.05) is 12.1 Å². The number of anilines is 1. The average Bonchev–Trinajstić information content (AvgIpc) is 2.75. The first kappa shape index (κ1) is 21.3. The fourth-order valence-electron chi connectivity index (χ4n) is 3.05. The van der Waals surface area contributed by atoms with Crippen molar-refractivity contribution in [3.63, 3.8) is 0 Å². The van der Waals surface area contributed by atoms with Gasteiger partial charge in [0.2, 0.25) is 15.9 Å². The topological polar surface area (TPSA) is 84.9 Å². The van der Waals surface area contributed by atoms with Crippen molar-refractivity contribution in [3.05, 3.63) is 54.1 Å². The van der Waals surface area contributed by atoms with Crippen LogP contribution in [0, 0.1) is 0 Å². The Morgan fingerprint density at radius 2 is 1.72 bits per heavy atom. The molecule has 1 N–H and O–H groups in total. The van der Waals surface area contributed by atoms with E-state index in [4.69, 9.17) is 9.47 Å². The van der Waals surface area contributed by atoms with Crippen molar-refractivity contribution in [2.75, 3.05) is 38.2 Å². The lowest BCUT2D eigenvalue weighted by Crippen LogP contribution is -2.40. The number of morpholine rings is 1. The van der Waals surface area contributed by atoms with Gasteiger partial charge in [0.05, 0.1) is 24.7 Å². The molecule has 0 unspecified atom stereocenters. The molecule has 0 spiro atoms. The number of ether oxygens (including phenoxy) is 2. The van der Waals surface area contributed by atoms with Gasteiger partial charge in [0.1, 0.15) is 5.75 Å². The third-order valence-corrected chi connectivity index (χ3v) is 6.53. The number of hydrogen-bond acceptors (Lipinski definition) is 5. The zero-order chi connectivity index (χ0) is 20.7. The highest BCUT2D eigenvalue weighted by Gasteiger charge is 2.26. The van der Waals surface area contributed by atoms with Gasteiger partial charge in [0.25, 0.3) is 0 Å². The van der Waals surface area contributed by atoms with Gasteiger partial charge in [-0.15, -0.1) is 0 Å². The van der Waals surface area contributed by atoms with Gasteiger partial charge in [-0.25, -0.2) is 8.42 Å². The van der Waals surface area contributed by atoms with Gasteiger partial charge in [0.15, 0.2) is 0 Å². The largest absolute Gasteiger partial charge is 0.494 e. The summed E-state index contributed by atoms with van der Waals surface area (Å²) >= 11 is 0. The molecule has 2 aromatic carbocycles. The van der Waals surface area contributed by atoms with E-state index in [0.717, 1.165) is 11.3 Å². The minimum absolute atomic E-state index is 0.0980.